The Hall–Kier alpha value is -4.29. The Labute approximate surface area is 237 Å². The number of hydrogen-bond acceptors (Lipinski definition) is 5. The molecular formula is C34H28N2O3S. The Morgan fingerprint density at radius 3 is 2.48 bits per heavy atom. The zero-order valence-electron chi connectivity index (χ0n) is 22.0. The van der Waals surface area contributed by atoms with Crippen LogP contribution in [0.4, 0.5) is 5.69 Å². The van der Waals surface area contributed by atoms with Crippen LogP contribution in [0, 0.1) is 5.92 Å². The number of Topliss-reactive ketones (excluding diaryl/α,β-unsaturated/α-hetero) is 2. The van der Waals surface area contributed by atoms with Gasteiger partial charge in [-0.3, -0.25) is 14.4 Å². The number of nitrogens with one attached hydrogen (secondary N) is 1. The van der Waals surface area contributed by atoms with Gasteiger partial charge in [-0.05, 0) is 52.3 Å². The molecule has 4 atom stereocenters. The fraction of sp³-hybridized carbons (Fsp3) is 0.206. The van der Waals surface area contributed by atoms with Gasteiger partial charge in [0.25, 0.3) is 0 Å². The van der Waals surface area contributed by atoms with E-state index in [0.29, 0.717) is 16.1 Å². The van der Waals surface area contributed by atoms with Crippen LogP contribution in [0.25, 0.3) is 6.08 Å². The highest BCUT2D eigenvalue weighted by molar-refractivity contribution is 7.12. The molecule has 0 radical (unpaired) electrons. The SMILES string of the molecule is CCCc1ccc(C(=O)[C@@H]2[C@H](C(=O)c3cccs3)N3C=Cc4ccccc4[C@H]3[C@@]23C(=O)Nc2ccccc23)cc1. The highest BCUT2D eigenvalue weighted by Gasteiger charge is 2.70. The number of fused-ring (bicyclic) bond motifs is 6. The van der Waals surface area contributed by atoms with E-state index < -0.39 is 23.4 Å². The number of nitrogens with zero attached hydrogens (tertiary/aromatic N) is 1. The first kappa shape index (κ1) is 24.7. The first-order valence-electron chi connectivity index (χ1n) is 13.7. The van der Waals surface area contributed by atoms with Gasteiger partial charge in [0.15, 0.2) is 11.6 Å². The zero-order chi connectivity index (χ0) is 27.4. The van der Waals surface area contributed by atoms with Gasteiger partial charge in [-0.1, -0.05) is 86.1 Å². The molecule has 3 aromatic carbocycles. The monoisotopic (exact) mass is 544 g/mol. The summed E-state index contributed by atoms with van der Waals surface area (Å²) in [6, 6.07) is 25.5. The average molecular weight is 545 g/mol. The van der Waals surface area contributed by atoms with Crippen molar-refractivity contribution in [3.8, 4) is 0 Å². The van der Waals surface area contributed by atoms with Gasteiger partial charge in [-0.2, -0.15) is 0 Å². The maximum atomic E-state index is 14.8. The number of anilines is 1. The molecule has 1 fully saturated rings. The summed E-state index contributed by atoms with van der Waals surface area (Å²) in [6.45, 7) is 2.12. The number of carbonyl (C=O) groups is 3. The Morgan fingerprint density at radius 1 is 0.925 bits per heavy atom. The highest BCUT2D eigenvalue weighted by Crippen LogP contribution is 2.62. The van der Waals surface area contributed by atoms with E-state index in [1.165, 1.54) is 11.3 Å². The van der Waals surface area contributed by atoms with Crippen LogP contribution in [-0.4, -0.2) is 28.4 Å². The Kier molecular flexibility index (Phi) is 5.82. The molecule has 7 rings (SSSR count). The minimum atomic E-state index is -1.30. The fourth-order valence-electron chi connectivity index (χ4n) is 7.04. The van der Waals surface area contributed by atoms with E-state index in [2.05, 4.69) is 12.2 Å². The zero-order valence-corrected chi connectivity index (χ0v) is 22.9. The molecule has 0 aliphatic carbocycles. The number of hydrogen-bond donors (Lipinski definition) is 1. The van der Waals surface area contributed by atoms with Crippen LogP contribution >= 0.6 is 11.3 Å². The van der Waals surface area contributed by atoms with E-state index in [-0.39, 0.29) is 17.5 Å². The van der Waals surface area contributed by atoms with E-state index >= 15 is 0 Å². The quantitative estimate of drug-likeness (QED) is 0.275. The van der Waals surface area contributed by atoms with Gasteiger partial charge in [0.2, 0.25) is 5.91 Å². The summed E-state index contributed by atoms with van der Waals surface area (Å²) in [5.41, 5.74) is 3.76. The number of aryl methyl sites for hydroxylation is 1. The molecule has 4 aromatic rings. The fourth-order valence-corrected chi connectivity index (χ4v) is 7.73. The second-order valence-electron chi connectivity index (χ2n) is 10.7. The molecule has 1 spiro atoms. The lowest BCUT2D eigenvalue weighted by Crippen LogP contribution is -2.49. The van der Waals surface area contributed by atoms with Gasteiger partial charge >= 0.3 is 0 Å². The smallest absolute Gasteiger partial charge is 0.238 e. The van der Waals surface area contributed by atoms with E-state index in [1.54, 1.807) is 6.07 Å². The van der Waals surface area contributed by atoms with E-state index in [0.717, 1.165) is 35.1 Å². The molecule has 198 valence electrons. The summed E-state index contributed by atoms with van der Waals surface area (Å²) >= 11 is 1.37. The summed E-state index contributed by atoms with van der Waals surface area (Å²) in [5, 5.41) is 4.97. The molecule has 6 heteroatoms. The molecular weight excluding hydrogens is 516 g/mol. The van der Waals surface area contributed by atoms with Crippen molar-refractivity contribution < 1.29 is 14.4 Å². The standard InChI is InChI=1S/C34H28N2O3S/c1-2-8-21-14-16-23(17-15-21)30(37)28-29(31(38)27-13-7-20-40-27)36-19-18-22-9-3-4-10-24(22)32(36)34(28)25-11-5-6-12-26(25)35-33(34)39/h3-7,9-20,28-29,32H,2,8H2,1H3,(H,35,39)/t28-,29+,32-,34-/m0/s1. The van der Waals surface area contributed by atoms with Gasteiger partial charge in [0, 0.05) is 17.5 Å². The number of rotatable bonds is 6. The van der Waals surface area contributed by atoms with Crippen LogP contribution in [0.3, 0.4) is 0 Å². The van der Waals surface area contributed by atoms with E-state index in [1.807, 2.05) is 101 Å². The Morgan fingerprint density at radius 2 is 1.70 bits per heavy atom. The predicted molar refractivity (Wildman–Crippen MR) is 158 cm³/mol. The molecule has 3 aliphatic rings. The van der Waals surface area contributed by atoms with Gasteiger partial charge in [0.05, 0.1) is 16.8 Å². The second-order valence-corrected chi connectivity index (χ2v) is 11.7. The van der Waals surface area contributed by atoms with Crippen molar-refractivity contribution in [3.05, 3.63) is 129 Å². The van der Waals surface area contributed by atoms with Gasteiger partial charge in [-0.25, -0.2) is 0 Å². The molecule has 1 N–H and O–H groups in total. The molecule has 1 aromatic heterocycles. The van der Waals surface area contributed by atoms with Crippen molar-refractivity contribution in [1.82, 2.24) is 4.90 Å². The molecule has 3 aliphatic heterocycles. The third-order valence-corrected chi connectivity index (χ3v) is 9.55. The van der Waals surface area contributed by atoms with Crippen LogP contribution in [0.5, 0.6) is 0 Å². The number of carbonyl (C=O) groups excluding carboxylic acids is 3. The lowest BCUT2D eigenvalue weighted by atomic mass is 9.62. The lowest BCUT2D eigenvalue weighted by Gasteiger charge is -2.38. The summed E-state index contributed by atoms with van der Waals surface area (Å²) in [5.74, 6) is -1.51. The lowest BCUT2D eigenvalue weighted by molar-refractivity contribution is -0.122. The Bertz CT molecular complexity index is 1670. The molecule has 4 heterocycles. The second kappa shape index (κ2) is 9.42. The van der Waals surface area contributed by atoms with Crippen molar-refractivity contribution in [1.29, 1.82) is 0 Å². The topological polar surface area (TPSA) is 66.5 Å². The van der Waals surface area contributed by atoms with Gasteiger partial charge in [-0.15, -0.1) is 11.3 Å². The molecule has 5 nitrogen and oxygen atoms in total. The summed E-state index contributed by atoms with van der Waals surface area (Å²) in [7, 11) is 0. The molecule has 1 amide bonds. The third-order valence-electron chi connectivity index (χ3n) is 8.66. The average Bonchev–Trinajstić information content (AvgIpc) is 3.70. The van der Waals surface area contributed by atoms with E-state index in [4.69, 9.17) is 0 Å². The van der Waals surface area contributed by atoms with Crippen LogP contribution in [0.1, 0.15) is 61.7 Å². The molecule has 0 bridgehead atoms. The molecule has 0 saturated carbocycles. The van der Waals surface area contributed by atoms with Gasteiger partial charge < -0.3 is 10.2 Å². The van der Waals surface area contributed by atoms with Gasteiger partial charge in [0.1, 0.15) is 11.5 Å². The van der Waals surface area contributed by atoms with Crippen molar-refractivity contribution in [2.75, 3.05) is 5.32 Å². The Balaban J connectivity index is 1.50. The molecule has 0 unspecified atom stereocenters. The summed E-state index contributed by atoms with van der Waals surface area (Å²) in [6.07, 6.45) is 5.83. The summed E-state index contributed by atoms with van der Waals surface area (Å²) < 4.78 is 0. The number of benzene rings is 3. The largest absolute Gasteiger partial charge is 0.358 e. The van der Waals surface area contributed by atoms with Crippen molar-refractivity contribution in [2.45, 2.75) is 37.3 Å². The molecule has 40 heavy (non-hydrogen) atoms. The van der Waals surface area contributed by atoms with Crippen molar-refractivity contribution >= 4 is 40.6 Å². The minimum Gasteiger partial charge on any atom is -0.358 e. The number of amides is 1. The first-order valence-corrected chi connectivity index (χ1v) is 14.6. The van der Waals surface area contributed by atoms with E-state index in [9.17, 15) is 14.4 Å². The van der Waals surface area contributed by atoms with Crippen LogP contribution in [-0.2, 0) is 16.6 Å². The number of para-hydroxylation sites is 1. The normalized spacial score (nSPS) is 24.0. The number of ketones is 2. The third kappa shape index (κ3) is 3.42. The first-order chi connectivity index (χ1) is 19.6. The maximum absolute atomic E-state index is 14.8. The number of thiophene rings is 1. The van der Waals surface area contributed by atoms with Crippen LogP contribution < -0.4 is 5.32 Å². The van der Waals surface area contributed by atoms with Crippen LogP contribution in [0.15, 0.2) is 96.5 Å². The minimum absolute atomic E-state index is 0.140. The maximum Gasteiger partial charge on any atom is 0.238 e. The van der Waals surface area contributed by atoms with Crippen LogP contribution in [0.2, 0.25) is 0 Å². The highest BCUT2D eigenvalue weighted by atomic mass is 32.1. The summed E-state index contributed by atoms with van der Waals surface area (Å²) in [4.78, 5) is 46.2. The predicted octanol–water partition coefficient (Wildman–Crippen LogP) is 6.68. The molecule has 1 saturated heterocycles. The van der Waals surface area contributed by atoms with Crippen molar-refractivity contribution in [2.24, 2.45) is 5.92 Å². The van der Waals surface area contributed by atoms with Crippen molar-refractivity contribution in [3.63, 3.8) is 0 Å².